The van der Waals surface area contributed by atoms with Gasteiger partial charge in [-0.3, -0.25) is 4.90 Å². The summed E-state index contributed by atoms with van der Waals surface area (Å²) in [5.41, 5.74) is 7.19. The van der Waals surface area contributed by atoms with Crippen LogP contribution < -0.4 is 5.73 Å². The van der Waals surface area contributed by atoms with E-state index in [1.54, 1.807) is 0 Å². The number of hydrogen-bond acceptors (Lipinski definition) is 3. The largest absolute Gasteiger partial charge is 0.329 e. The summed E-state index contributed by atoms with van der Waals surface area (Å²) < 4.78 is 1.08. The summed E-state index contributed by atoms with van der Waals surface area (Å²) in [4.78, 5) is 2.39. The van der Waals surface area contributed by atoms with Gasteiger partial charge in [-0.15, -0.1) is 0 Å². The summed E-state index contributed by atoms with van der Waals surface area (Å²) in [5, 5.41) is 8.77. The Hall–Kier alpha value is -0.890. The van der Waals surface area contributed by atoms with Crippen LogP contribution in [0.2, 0.25) is 0 Å². The van der Waals surface area contributed by atoms with Crippen molar-refractivity contribution < 1.29 is 0 Å². The monoisotopic (exact) mass is 307 g/mol. The van der Waals surface area contributed by atoms with E-state index < -0.39 is 0 Å². The smallest absolute Gasteiger partial charge is 0.0635 e. The lowest BCUT2D eigenvalue weighted by molar-refractivity contribution is 0.195. The Morgan fingerprint density at radius 3 is 2.83 bits per heavy atom. The highest BCUT2D eigenvalue weighted by atomic mass is 79.9. The standard InChI is InChI=1S/C14H18BrN3/c15-12-4-1-3-11(9-12)14(10-17)18(8-2-7-16)13-5-6-13/h1,3-4,9,13-14H,2,5-6,8,10,17H2. The lowest BCUT2D eigenvalue weighted by Crippen LogP contribution is -2.36. The van der Waals surface area contributed by atoms with Crippen LogP contribution in [0, 0.1) is 11.3 Å². The molecule has 1 aliphatic carbocycles. The van der Waals surface area contributed by atoms with Crippen LogP contribution in [0.5, 0.6) is 0 Å². The maximum atomic E-state index is 8.77. The zero-order valence-electron chi connectivity index (χ0n) is 10.3. The van der Waals surface area contributed by atoms with Gasteiger partial charge in [-0.05, 0) is 30.5 Å². The van der Waals surface area contributed by atoms with Crippen molar-refractivity contribution in [3.8, 4) is 6.07 Å². The lowest BCUT2D eigenvalue weighted by atomic mass is 10.0. The molecule has 2 rings (SSSR count). The highest BCUT2D eigenvalue weighted by molar-refractivity contribution is 9.10. The highest BCUT2D eigenvalue weighted by Crippen LogP contribution is 2.34. The molecule has 0 radical (unpaired) electrons. The van der Waals surface area contributed by atoms with Crippen LogP contribution >= 0.6 is 15.9 Å². The molecule has 1 aliphatic rings. The summed E-state index contributed by atoms with van der Waals surface area (Å²) in [5.74, 6) is 0. The maximum Gasteiger partial charge on any atom is 0.0635 e. The van der Waals surface area contributed by atoms with Gasteiger partial charge < -0.3 is 5.73 Å². The molecule has 4 heteroatoms. The fourth-order valence-corrected chi connectivity index (χ4v) is 2.77. The summed E-state index contributed by atoms with van der Waals surface area (Å²) >= 11 is 3.50. The molecule has 96 valence electrons. The van der Waals surface area contributed by atoms with E-state index in [1.165, 1.54) is 18.4 Å². The average Bonchev–Trinajstić information content (AvgIpc) is 3.18. The molecule has 0 bridgehead atoms. The molecule has 0 heterocycles. The van der Waals surface area contributed by atoms with Crippen LogP contribution in [-0.2, 0) is 0 Å². The first-order chi connectivity index (χ1) is 8.76. The number of benzene rings is 1. The predicted molar refractivity (Wildman–Crippen MR) is 75.9 cm³/mol. The first-order valence-corrected chi connectivity index (χ1v) is 7.13. The second kappa shape index (κ2) is 6.33. The van der Waals surface area contributed by atoms with Gasteiger partial charge in [0.25, 0.3) is 0 Å². The number of nitrogens with zero attached hydrogens (tertiary/aromatic N) is 2. The number of halogens is 1. The minimum atomic E-state index is 0.225. The van der Waals surface area contributed by atoms with Gasteiger partial charge in [-0.1, -0.05) is 28.1 Å². The van der Waals surface area contributed by atoms with Gasteiger partial charge in [0.15, 0.2) is 0 Å². The van der Waals surface area contributed by atoms with Crippen LogP contribution in [0.15, 0.2) is 28.7 Å². The Kier molecular flexibility index (Phi) is 4.76. The second-order valence-corrected chi connectivity index (χ2v) is 5.60. The molecule has 1 saturated carbocycles. The van der Waals surface area contributed by atoms with Gasteiger partial charge in [0.1, 0.15) is 0 Å². The SMILES string of the molecule is N#CCCN(C1CC1)C(CN)c1cccc(Br)c1. The fraction of sp³-hybridized carbons (Fsp3) is 0.500. The average molecular weight is 308 g/mol. The normalized spacial score (nSPS) is 16.6. The molecule has 0 spiro atoms. The molecule has 0 saturated heterocycles. The van der Waals surface area contributed by atoms with Crippen molar-refractivity contribution in [2.75, 3.05) is 13.1 Å². The highest BCUT2D eigenvalue weighted by Gasteiger charge is 2.33. The van der Waals surface area contributed by atoms with E-state index in [1.807, 2.05) is 12.1 Å². The van der Waals surface area contributed by atoms with Crippen LogP contribution in [0.25, 0.3) is 0 Å². The molecule has 18 heavy (non-hydrogen) atoms. The third-order valence-electron chi connectivity index (χ3n) is 3.35. The fourth-order valence-electron chi connectivity index (χ4n) is 2.35. The van der Waals surface area contributed by atoms with E-state index in [4.69, 9.17) is 11.0 Å². The second-order valence-electron chi connectivity index (χ2n) is 4.68. The quantitative estimate of drug-likeness (QED) is 0.879. The Labute approximate surface area is 117 Å². The summed E-state index contributed by atoms with van der Waals surface area (Å²) in [6.45, 7) is 1.41. The molecule has 0 aromatic heterocycles. The minimum Gasteiger partial charge on any atom is -0.329 e. The molecule has 3 nitrogen and oxygen atoms in total. The van der Waals surface area contributed by atoms with Crippen molar-refractivity contribution in [3.63, 3.8) is 0 Å². The zero-order chi connectivity index (χ0) is 13.0. The van der Waals surface area contributed by atoms with Gasteiger partial charge >= 0.3 is 0 Å². The molecule has 1 unspecified atom stereocenters. The van der Waals surface area contributed by atoms with Gasteiger partial charge in [-0.2, -0.15) is 5.26 Å². The Morgan fingerprint density at radius 2 is 2.28 bits per heavy atom. The molecule has 1 aromatic carbocycles. The van der Waals surface area contributed by atoms with Gasteiger partial charge in [0.2, 0.25) is 0 Å². The van der Waals surface area contributed by atoms with Crippen molar-refractivity contribution in [2.45, 2.75) is 31.3 Å². The predicted octanol–water partition coefficient (Wildman–Crippen LogP) is 2.83. The van der Waals surface area contributed by atoms with Crippen molar-refractivity contribution in [1.29, 1.82) is 5.26 Å². The molecular weight excluding hydrogens is 290 g/mol. The van der Waals surface area contributed by atoms with Gasteiger partial charge in [-0.25, -0.2) is 0 Å². The summed E-state index contributed by atoms with van der Waals surface area (Å²) in [6.07, 6.45) is 3.03. The number of nitriles is 1. The van der Waals surface area contributed by atoms with Crippen LogP contribution in [0.1, 0.15) is 30.9 Å². The minimum absolute atomic E-state index is 0.225. The van der Waals surface area contributed by atoms with Crippen LogP contribution in [-0.4, -0.2) is 24.0 Å². The molecule has 2 N–H and O–H groups in total. The third-order valence-corrected chi connectivity index (χ3v) is 3.85. The van der Waals surface area contributed by atoms with Crippen molar-refractivity contribution in [1.82, 2.24) is 4.90 Å². The Bertz CT molecular complexity index is 437. The molecule has 0 amide bonds. The molecule has 0 aliphatic heterocycles. The van der Waals surface area contributed by atoms with Crippen molar-refractivity contribution in [2.24, 2.45) is 5.73 Å². The molecular formula is C14H18BrN3. The van der Waals surface area contributed by atoms with E-state index in [-0.39, 0.29) is 6.04 Å². The van der Waals surface area contributed by atoms with E-state index in [2.05, 4.69) is 39.0 Å². The topological polar surface area (TPSA) is 53.0 Å². The van der Waals surface area contributed by atoms with E-state index in [0.29, 0.717) is 19.0 Å². The van der Waals surface area contributed by atoms with Crippen LogP contribution in [0.4, 0.5) is 0 Å². The molecule has 1 aromatic rings. The van der Waals surface area contributed by atoms with Crippen molar-refractivity contribution in [3.05, 3.63) is 34.3 Å². The first kappa shape index (κ1) is 13.5. The maximum absolute atomic E-state index is 8.77. The van der Waals surface area contributed by atoms with E-state index in [0.717, 1.165) is 11.0 Å². The lowest BCUT2D eigenvalue weighted by Gasteiger charge is -2.30. The third kappa shape index (κ3) is 3.32. The molecule has 1 fully saturated rings. The van der Waals surface area contributed by atoms with E-state index in [9.17, 15) is 0 Å². The zero-order valence-corrected chi connectivity index (χ0v) is 11.9. The number of hydrogen-bond donors (Lipinski definition) is 1. The molecule has 1 atom stereocenters. The van der Waals surface area contributed by atoms with Gasteiger partial charge in [0, 0.05) is 36.1 Å². The first-order valence-electron chi connectivity index (χ1n) is 6.34. The van der Waals surface area contributed by atoms with Gasteiger partial charge in [0.05, 0.1) is 6.07 Å². The Morgan fingerprint density at radius 1 is 1.50 bits per heavy atom. The Balaban J connectivity index is 2.17. The number of nitrogens with two attached hydrogens (primary N) is 1. The summed E-state index contributed by atoms with van der Waals surface area (Å²) in [6, 6.07) is 11.4. The van der Waals surface area contributed by atoms with Crippen molar-refractivity contribution >= 4 is 15.9 Å². The van der Waals surface area contributed by atoms with Crippen LogP contribution in [0.3, 0.4) is 0 Å². The van der Waals surface area contributed by atoms with E-state index >= 15 is 0 Å². The number of rotatable bonds is 6. The summed E-state index contributed by atoms with van der Waals surface area (Å²) in [7, 11) is 0.